The molecule has 4 rings (SSSR count). The van der Waals surface area contributed by atoms with Crippen LogP contribution in [0.2, 0.25) is 0 Å². The largest absolute Gasteiger partial charge is 0.416 e. The molecule has 108 valence electrons. The molecule has 1 aliphatic carbocycles. The van der Waals surface area contributed by atoms with E-state index in [1.807, 2.05) is 0 Å². The van der Waals surface area contributed by atoms with Crippen molar-refractivity contribution in [1.29, 1.82) is 0 Å². The molecule has 0 saturated heterocycles. The Hall–Kier alpha value is -1.47. The third-order valence-corrected chi connectivity index (χ3v) is 5.61. The van der Waals surface area contributed by atoms with Gasteiger partial charge in [0.1, 0.15) is 16.2 Å². The molecule has 21 heavy (non-hydrogen) atoms. The number of nitrogens with zero attached hydrogens (tertiary/aromatic N) is 4. The summed E-state index contributed by atoms with van der Waals surface area (Å²) in [5.41, 5.74) is 1.42. The Labute approximate surface area is 130 Å². The molecule has 0 saturated carbocycles. The Morgan fingerprint density at radius 3 is 3.14 bits per heavy atom. The van der Waals surface area contributed by atoms with E-state index in [9.17, 15) is 0 Å². The smallest absolute Gasteiger partial charge is 0.282 e. The van der Waals surface area contributed by atoms with Crippen LogP contribution in [0.4, 0.5) is 0 Å². The fourth-order valence-electron chi connectivity index (χ4n) is 2.65. The molecule has 1 aliphatic rings. The van der Waals surface area contributed by atoms with Gasteiger partial charge in [-0.25, -0.2) is 9.97 Å². The van der Waals surface area contributed by atoms with Crippen molar-refractivity contribution >= 4 is 33.3 Å². The Morgan fingerprint density at radius 2 is 2.24 bits per heavy atom. The van der Waals surface area contributed by atoms with Crippen LogP contribution < -0.4 is 0 Å². The zero-order chi connectivity index (χ0) is 14.2. The summed E-state index contributed by atoms with van der Waals surface area (Å²) < 4.78 is 5.66. The second kappa shape index (κ2) is 5.38. The van der Waals surface area contributed by atoms with Crippen molar-refractivity contribution < 1.29 is 4.42 Å². The highest BCUT2D eigenvalue weighted by molar-refractivity contribution is 7.99. The van der Waals surface area contributed by atoms with Crippen LogP contribution in [0, 0.1) is 0 Å². The standard InChI is InChI=1S/C14H14N4OS2/c1-2-4-10-17-18-14(19-10)21-13-11-8-5-3-6-9(8)20-12(11)15-7-16-13/h7H,2-6H2,1H3. The van der Waals surface area contributed by atoms with Gasteiger partial charge in [0.15, 0.2) is 0 Å². The molecule has 0 atom stereocenters. The van der Waals surface area contributed by atoms with Crippen molar-refractivity contribution in [2.45, 2.75) is 49.3 Å². The fraction of sp³-hybridized carbons (Fsp3) is 0.429. The number of hydrogen-bond acceptors (Lipinski definition) is 7. The van der Waals surface area contributed by atoms with Crippen molar-refractivity contribution in [3.8, 4) is 0 Å². The van der Waals surface area contributed by atoms with Gasteiger partial charge >= 0.3 is 0 Å². The predicted octanol–water partition coefficient (Wildman–Crippen LogP) is 3.67. The van der Waals surface area contributed by atoms with Gasteiger partial charge in [-0.2, -0.15) is 0 Å². The maximum atomic E-state index is 5.66. The Bertz CT molecular complexity index is 795. The molecule has 0 fully saturated rings. The number of aromatic nitrogens is 4. The monoisotopic (exact) mass is 318 g/mol. The van der Waals surface area contributed by atoms with Crippen LogP contribution in [-0.4, -0.2) is 20.2 Å². The van der Waals surface area contributed by atoms with Gasteiger partial charge in [-0.15, -0.1) is 21.5 Å². The molecule has 0 radical (unpaired) electrons. The average molecular weight is 318 g/mol. The lowest BCUT2D eigenvalue weighted by Gasteiger charge is -2.00. The third-order valence-electron chi connectivity index (χ3n) is 3.56. The van der Waals surface area contributed by atoms with E-state index in [0.29, 0.717) is 11.1 Å². The molecule has 0 aliphatic heterocycles. The highest BCUT2D eigenvalue weighted by Gasteiger charge is 2.22. The van der Waals surface area contributed by atoms with Gasteiger partial charge in [0.2, 0.25) is 5.89 Å². The summed E-state index contributed by atoms with van der Waals surface area (Å²) in [6, 6.07) is 0. The summed E-state index contributed by atoms with van der Waals surface area (Å²) in [6.07, 6.45) is 6.97. The highest BCUT2D eigenvalue weighted by atomic mass is 32.2. The fourth-order valence-corrected chi connectivity index (χ4v) is 4.75. The first-order valence-electron chi connectivity index (χ1n) is 7.10. The van der Waals surface area contributed by atoms with Crippen molar-refractivity contribution in [1.82, 2.24) is 20.2 Å². The van der Waals surface area contributed by atoms with Crippen LogP contribution in [0.3, 0.4) is 0 Å². The molecule has 0 N–H and O–H groups in total. The summed E-state index contributed by atoms with van der Waals surface area (Å²) >= 11 is 3.24. The topological polar surface area (TPSA) is 64.7 Å². The molecule has 0 bridgehead atoms. The number of hydrogen-bond donors (Lipinski definition) is 0. The van der Waals surface area contributed by atoms with Gasteiger partial charge in [0.25, 0.3) is 5.22 Å². The van der Waals surface area contributed by atoms with E-state index in [1.165, 1.54) is 40.4 Å². The minimum absolute atomic E-state index is 0.566. The highest BCUT2D eigenvalue weighted by Crippen LogP contribution is 2.41. The van der Waals surface area contributed by atoms with Crippen LogP contribution >= 0.6 is 23.1 Å². The summed E-state index contributed by atoms with van der Waals surface area (Å²) in [5, 5.41) is 10.9. The van der Waals surface area contributed by atoms with Gasteiger partial charge in [0.05, 0.1) is 0 Å². The zero-order valence-electron chi connectivity index (χ0n) is 11.6. The zero-order valence-corrected chi connectivity index (χ0v) is 13.3. The van der Waals surface area contributed by atoms with Crippen LogP contribution in [0.1, 0.15) is 36.1 Å². The number of fused-ring (bicyclic) bond motifs is 3. The van der Waals surface area contributed by atoms with Crippen LogP contribution in [0.25, 0.3) is 10.2 Å². The minimum atomic E-state index is 0.566. The van der Waals surface area contributed by atoms with E-state index >= 15 is 0 Å². The SMILES string of the molecule is CCCc1nnc(Sc2ncnc3sc4c(c23)CCC4)o1. The number of aryl methyl sites for hydroxylation is 3. The Kier molecular flexibility index (Phi) is 3.39. The lowest BCUT2D eigenvalue weighted by atomic mass is 10.2. The first-order valence-corrected chi connectivity index (χ1v) is 8.74. The summed E-state index contributed by atoms with van der Waals surface area (Å²) in [5.74, 6) is 0.695. The molecule has 3 aromatic heterocycles. The lowest BCUT2D eigenvalue weighted by molar-refractivity contribution is 0.411. The van der Waals surface area contributed by atoms with E-state index in [-0.39, 0.29) is 0 Å². The van der Waals surface area contributed by atoms with E-state index in [0.717, 1.165) is 29.1 Å². The Morgan fingerprint density at radius 1 is 1.29 bits per heavy atom. The second-order valence-electron chi connectivity index (χ2n) is 5.03. The molecule has 3 aromatic rings. The quantitative estimate of drug-likeness (QED) is 0.684. The first-order chi connectivity index (χ1) is 10.3. The second-order valence-corrected chi connectivity index (χ2v) is 7.05. The third kappa shape index (κ3) is 2.34. The molecule has 3 heterocycles. The van der Waals surface area contributed by atoms with E-state index in [1.54, 1.807) is 17.7 Å². The van der Waals surface area contributed by atoms with Crippen LogP contribution in [0.5, 0.6) is 0 Å². The van der Waals surface area contributed by atoms with Crippen molar-refractivity contribution in [2.24, 2.45) is 0 Å². The molecule has 0 spiro atoms. The maximum Gasteiger partial charge on any atom is 0.282 e. The minimum Gasteiger partial charge on any atom is -0.416 e. The van der Waals surface area contributed by atoms with E-state index in [2.05, 4.69) is 27.1 Å². The number of rotatable bonds is 4. The summed E-state index contributed by atoms with van der Waals surface area (Å²) in [6.45, 7) is 2.10. The van der Waals surface area contributed by atoms with Gasteiger partial charge < -0.3 is 4.42 Å². The summed E-state index contributed by atoms with van der Waals surface area (Å²) in [7, 11) is 0. The van der Waals surface area contributed by atoms with Crippen molar-refractivity contribution in [3.63, 3.8) is 0 Å². The van der Waals surface area contributed by atoms with Crippen LogP contribution in [-0.2, 0) is 19.3 Å². The first kappa shape index (κ1) is 13.2. The lowest BCUT2D eigenvalue weighted by Crippen LogP contribution is -1.87. The molecular formula is C14H14N4OS2. The maximum absolute atomic E-state index is 5.66. The molecule has 0 amide bonds. The van der Waals surface area contributed by atoms with Gasteiger partial charge in [0, 0.05) is 16.7 Å². The van der Waals surface area contributed by atoms with Gasteiger partial charge in [-0.3, -0.25) is 0 Å². The molecule has 7 heteroatoms. The van der Waals surface area contributed by atoms with Crippen molar-refractivity contribution in [2.75, 3.05) is 0 Å². The molecular weight excluding hydrogens is 304 g/mol. The Balaban J connectivity index is 1.72. The normalized spacial score (nSPS) is 14.0. The average Bonchev–Trinajstić information content (AvgIpc) is 3.15. The number of thiophene rings is 1. The molecule has 5 nitrogen and oxygen atoms in total. The molecule has 0 unspecified atom stereocenters. The van der Waals surface area contributed by atoms with Crippen molar-refractivity contribution in [3.05, 3.63) is 22.7 Å². The van der Waals surface area contributed by atoms with E-state index < -0.39 is 0 Å². The predicted molar refractivity (Wildman–Crippen MR) is 81.9 cm³/mol. The van der Waals surface area contributed by atoms with E-state index in [4.69, 9.17) is 4.42 Å². The van der Waals surface area contributed by atoms with Gasteiger partial charge in [-0.05, 0) is 43.0 Å². The molecule has 0 aromatic carbocycles. The van der Waals surface area contributed by atoms with Crippen LogP contribution in [0.15, 0.2) is 21.0 Å². The summed E-state index contributed by atoms with van der Waals surface area (Å²) in [4.78, 5) is 11.4. The van der Waals surface area contributed by atoms with Gasteiger partial charge in [-0.1, -0.05) is 6.92 Å².